The zero-order chi connectivity index (χ0) is 11.3. The second kappa shape index (κ2) is 5.91. The van der Waals surface area contributed by atoms with Crippen molar-refractivity contribution in [3.8, 4) is 0 Å². The van der Waals surface area contributed by atoms with E-state index in [4.69, 9.17) is 0 Å². The van der Waals surface area contributed by atoms with Gasteiger partial charge in [-0.1, -0.05) is 6.08 Å². The molecule has 0 aromatic heterocycles. The molecule has 0 bridgehead atoms. The first-order valence-corrected chi connectivity index (χ1v) is 5.79. The fourth-order valence-electron chi connectivity index (χ4n) is 2.29. The molecule has 1 rings (SSSR count). The summed E-state index contributed by atoms with van der Waals surface area (Å²) in [5, 5.41) is 3.06. The fourth-order valence-corrected chi connectivity index (χ4v) is 2.29. The molecule has 0 aromatic rings. The SMILES string of the molecule is C=CCNCC(=O)N1C(C)CCCC1C. The Morgan fingerprint density at radius 1 is 1.47 bits per heavy atom. The summed E-state index contributed by atoms with van der Waals surface area (Å²) < 4.78 is 0. The summed E-state index contributed by atoms with van der Waals surface area (Å²) >= 11 is 0. The Balaban J connectivity index is 2.44. The van der Waals surface area contributed by atoms with E-state index in [1.165, 1.54) is 6.42 Å². The standard InChI is InChI=1S/C12H22N2O/c1-4-8-13-9-12(15)14-10(2)6-5-7-11(14)3/h4,10-11,13H,1,5-9H2,2-3H3. The molecule has 1 aliphatic heterocycles. The molecule has 0 saturated carbocycles. The number of nitrogens with zero attached hydrogens (tertiary/aromatic N) is 1. The minimum absolute atomic E-state index is 0.219. The number of carbonyl (C=O) groups excluding carboxylic acids is 1. The van der Waals surface area contributed by atoms with Gasteiger partial charge in [0.05, 0.1) is 6.54 Å². The van der Waals surface area contributed by atoms with Crippen molar-refractivity contribution in [1.29, 1.82) is 0 Å². The zero-order valence-electron chi connectivity index (χ0n) is 9.83. The van der Waals surface area contributed by atoms with Crippen molar-refractivity contribution in [3.05, 3.63) is 12.7 Å². The number of rotatable bonds is 4. The molecule has 0 aliphatic carbocycles. The molecule has 2 atom stereocenters. The van der Waals surface area contributed by atoms with E-state index in [1.54, 1.807) is 6.08 Å². The van der Waals surface area contributed by atoms with Crippen molar-refractivity contribution in [2.75, 3.05) is 13.1 Å². The van der Waals surface area contributed by atoms with Gasteiger partial charge >= 0.3 is 0 Å². The summed E-state index contributed by atoms with van der Waals surface area (Å²) in [4.78, 5) is 14.0. The van der Waals surface area contributed by atoms with Crippen molar-refractivity contribution in [1.82, 2.24) is 10.2 Å². The minimum atomic E-state index is 0.219. The maximum absolute atomic E-state index is 11.9. The van der Waals surface area contributed by atoms with Crippen LogP contribution in [0.3, 0.4) is 0 Å². The van der Waals surface area contributed by atoms with Crippen LogP contribution in [0.2, 0.25) is 0 Å². The van der Waals surface area contributed by atoms with Gasteiger partial charge in [0.15, 0.2) is 0 Å². The molecule has 86 valence electrons. The second-order valence-electron chi connectivity index (χ2n) is 4.35. The third-order valence-corrected chi connectivity index (χ3v) is 3.05. The smallest absolute Gasteiger partial charge is 0.237 e. The van der Waals surface area contributed by atoms with Gasteiger partial charge in [-0.05, 0) is 33.1 Å². The van der Waals surface area contributed by atoms with Crippen LogP contribution in [0.5, 0.6) is 0 Å². The van der Waals surface area contributed by atoms with Crippen LogP contribution in [-0.4, -0.2) is 36.0 Å². The third-order valence-electron chi connectivity index (χ3n) is 3.05. The van der Waals surface area contributed by atoms with Crippen LogP contribution in [-0.2, 0) is 4.79 Å². The Hall–Kier alpha value is -0.830. The summed E-state index contributed by atoms with van der Waals surface area (Å²) in [7, 11) is 0. The van der Waals surface area contributed by atoms with Gasteiger partial charge in [-0.25, -0.2) is 0 Å². The number of nitrogens with one attached hydrogen (secondary N) is 1. The molecule has 3 heteroatoms. The number of likely N-dealkylation sites (tertiary alicyclic amines) is 1. The van der Waals surface area contributed by atoms with E-state index in [1.807, 2.05) is 4.90 Å². The molecule has 0 radical (unpaired) electrons. The Labute approximate surface area is 92.5 Å². The lowest BCUT2D eigenvalue weighted by atomic mass is 9.97. The Morgan fingerprint density at radius 3 is 2.60 bits per heavy atom. The maximum atomic E-state index is 11.9. The minimum Gasteiger partial charge on any atom is -0.336 e. The van der Waals surface area contributed by atoms with Gasteiger partial charge in [0.2, 0.25) is 5.91 Å². The van der Waals surface area contributed by atoms with Gasteiger partial charge in [-0.3, -0.25) is 4.79 Å². The number of amides is 1. The van der Waals surface area contributed by atoms with Crippen LogP contribution in [0.1, 0.15) is 33.1 Å². The lowest BCUT2D eigenvalue weighted by Gasteiger charge is -2.39. The summed E-state index contributed by atoms with van der Waals surface area (Å²) in [6.45, 7) is 9.02. The lowest BCUT2D eigenvalue weighted by molar-refractivity contribution is -0.136. The predicted octanol–water partition coefficient (Wildman–Crippen LogP) is 1.55. The molecule has 3 nitrogen and oxygen atoms in total. The lowest BCUT2D eigenvalue weighted by Crippen LogP contribution is -2.50. The Bertz CT molecular complexity index is 218. The summed E-state index contributed by atoms with van der Waals surface area (Å²) in [6.07, 6.45) is 5.29. The summed E-state index contributed by atoms with van der Waals surface area (Å²) in [5.41, 5.74) is 0. The van der Waals surface area contributed by atoms with E-state index >= 15 is 0 Å². The van der Waals surface area contributed by atoms with Gasteiger partial charge in [0, 0.05) is 18.6 Å². The number of hydrogen-bond donors (Lipinski definition) is 1. The number of hydrogen-bond acceptors (Lipinski definition) is 2. The van der Waals surface area contributed by atoms with Gasteiger partial charge in [0.25, 0.3) is 0 Å². The largest absolute Gasteiger partial charge is 0.336 e. The molecule has 2 unspecified atom stereocenters. The van der Waals surface area contributed by atoms with Crippen LogP contribution in [0.15, 0.2) is 12.7 Å². The second-order valence-corrected chi connectivity index (χ2v) is 4.35. The van der Waals surface area contributed by atoms with Gasteiger partial charge in [0.1, 0.15) is 0 Å². The molecule has 15 heavy (non-hydrogen) atoms. The highest BCUT2D eigenvalue weighted by atomic mass is 16.2. The molecule has 1 N–H and O–H groups in total. The van der Waals surface area contributed by atoms with Crippen molar-refractivity contribution >= 4 is 5.91 Å². The number of carbonyl (C=O) groups is 1. The van der Waals surface area contributed by atoms with Crippen molar-refractivity contribution in [3.63, 3.8) is 0 Å². The van der Waals surface area contributed by atoms with E-state index in [0.717, 1.165) is 12.8 Å². The summed E-state index contributed by atoms with van der Waals surface area (Å²) in [5.74, 6) is 0.219. The van der Waals surface area contributed by atoms with Crippen molar-refractivity contribution in [2.24, 2.45) is 0 Å². The monoisotopic (exact) mass is 210 g/mol. The van der Waals surface area contributed by atoms with E-state index < -0.39 is 0 Å². The van der Waals surface area contributed by atoms with E-state index in [2.05, 4.69) is 25.7 Å². The van der Waals surface area contributed by atoms with Crippen LogP contribution >= 0.6 is 0 Å². The highest BCUT2D eigenvalue weighted by molar-refractivity contribution is 5.79. The molecule has 0 spiro atoms. The van der Waals surface area contributed by atoms with Crippen LogP contribution < -0.4 is 5.32 Å². The fraction of sp³-hybridized carbons (Fsp3) is 0.750. The Morgan fingerprint density at radius 2 is 2.07 bits per heavy atom. The molecule has 0 aromatic carbocycles. The average molecular weight is 210 g/mol. The zero-order valence-corrected chi connectivity index (χ0v) is 9.83. The summed E-state index contributed by atoms with van der Waals surface area (Å²) in [6, 6.07) is 0.790. The van der Waals surface area contributed by atoms with E-state index in [0.29, 0.717) is 25.2 Å². The highest BCUT2D eigenvalue weighted by Gasteiger charge is 2.28. The average Bonchev–Trinajstić information content (AvgIpc) is 2.18. The third kappa shape index (κ3) is 3.34. The van der Waals surface area contributed by atoms with Crippen LogP contribution in [0.25, 0.3) is 0 Å². The van der Waals surface area contributed by atoms with Crippen molar-refractivity contribution in [2.45, 2.75) is 45.2 Å². The van der Waals surface area contributed by atoms with Crippen LogP contribution in [0.4, 0.5) is 0 Å². The van der Waals surface area contributed by atoms with E-state index in [-0.39, 0.29) is 5.91 Å². The maximum Gasteiger partial charge on any atom is 0.237 e. The quantitative estimate of drug-likeness (QED) is 0.564. The Kier molecular flexibility index (Phi) is 4.82. The first-order valence-electron chi connectivity index (χ1n) is 5.79. The first-order chi connectivity index (χ1) is 7.16. The first kappa shape index (κ1) is 12.2. The molecule has 1 amide bonds. The molecular weight excluding hydrogens is 188 g/mol. The molecule has 1 heterocycles. The van der Waals surface area contributed by atoms with Gasteiger partial charge in [-0.15, -0.1) is 6.58 Å². The van der Waals surface area contributed by atoms with Gasteiger partial charge in [-0.2, -0.15) is 0 Å². The highest BCUT2D eigenvalue weighted by Crippen LogP contribution is 2.22. The van der Waals surface area contributed by atoms with Gasteiger partial charge < -0.3 is 10.2 Å². The van der Waals surface area contributed by atoms with E-state index in [9.17, 15) is 4.79 Å². The van der Waals surface area contributed by atoms with Crippen molar-refractivity contribution < 1.29 is 4.79 Å². The van der Waals surface area contributed by atoms with Crippen LogP contribution in [0, 0.1) is 0 Å². The molecule has 1 aliphatic rings. The normalized spacial score (nSPS) is 26.4. The predicted molar refractivity (Wildman–Crippen MR) is 62.7 cm³/mol. The number of piperidine rings is 1. The molecule has 1 fully saturated rings. The molecule has 1 saturated heterocycles. The topological polar surface area (TPSA) is 32.3 Å². The molecular formula is C12H22N2O.